The highest BCUT2D eigenvalue weighted by molar-refractivity contribution is 6.39. The Kier molecular flexibility index (Phi) is 8.68. The van der Waals surface area contributed by atoms with Gasteiger partial charge in [0.1, 0.15) is 17.1 Å². The highest BCUT2D eigenvalue weighted by Gasteiger charge is 2.48. The summed E-state index contributed by atoms with van der Waals surface area (Å²) in [4.78, 5) is 18.9. The third kappa shape index (κ3) is 6.58. The van der Waals surface area contributed by atoms with Gasteiger partial charge in [-0.2, -0.15) is 0 Å². The van der Waals surface area contributed by atoms with Gasteiger partial charge < -0.3 is 19.7 Å². The van der Waals surface area contributed by atoms with E-state index in [0.717, 1.165) is 49.2 Å². The number of nitrogens with zero attached hydrogens (tertiary/aromatic N) is 2. The molecule has 2 atom stereocenters. The van der Waals surface area contributed by atoms with Crippen LogP contribution in [-0.4, -0.2) is 47.8 Å². The lowest BCUT2D eigenvalue weighted by Crippen LogP contribution is -2.48. The predicted octanol–water partition coefficient (Wildman–Crippen LogP) is 7.04. The van der Waals surface area contributed by atoms with Gasteiger partial charge >= 0.3 is 6.36 Å². The van der Waals surface area contributed by atoms with Crippen LogP contribution < -0.4 is 14.8 Å². The Labute approximate surface area is 246 Å². The third-order valence-corrected chi connectivity index (χ3v) is 8.61. The number of fused-ring (bicyclic) bond motifs is 1. The maximum absolute atomic E-state index is 12.7. The molecule has 1 amide bonds. The average Bonchev–Trinajstić information content (AvgIpc) is 3.33. The van der Waals surface area contributed by atoms with Crippen molar-refractivity contribution in [2.75, 3.05) is 19.6 Å². The predicted molar refractivity (Wildman–Crippen MR) is 151 cm³/mol. The van der Waals surface area contributed by atoms with Crippen molar-refractivity contribution in [1.29, 1.82) is 0 Å². The second-order valence-corrected chi connectivity index (χ2v) is 11.3. The largest absolute Gasteiger partial charge is 0.573 e. The minimum atomic E-state index is -4.75. The fraction of sp³-hybridized carbons (Fsp3) is 0.400. The summed E-state index contributed by atoms with van der Waals surface area (Å²) in [5.74, 6) is 0.378. The number of alkyl halides is 3. The number of nitrogens with one attached hydrogen (secondary N) is 1. The molecule has 0 bridgehead atoms. The Morgan fingerprint density at radius 2 is 1.78 bits per heavy atom. The molecule has 41 heavy (non-hydrogen) atoms. The monoisotopic (exact) mass is 607 g/mol. The molecule has 3 aromatic rings. The lowest BCUT2D eigenvalue weighted by atomic mass is 9.73. The van der Waals surface area contributed by atoms with Crippen LogP contribution in [0.3, 0.4) is 0 Å². The van der Waals surface area contributed by atoms with Gasteiger partial charge in [0.15, 0.2) is 0 Å². The quantitative estimate of drug-likeness (QED) is 0.297. The van der Waals surface area contributed by atoms with Gasteiger partial charge in [0.25, 0.3) is 5.91 Å². The normalized spacial score (nSPS) is 20.2. The summed E-state index contributed by atoms with van der Waals surface area (Å²) in [7, 11) is 0. The van der Waals surface area contributed by atoms with Crippen LogP contribution in [0, 0.1) is 5.92 Å². The molecule has 0 radical (unpaired) electrons. The molecule has 2 unspecified atom stereocenters. The molecule has 2 aliphatic rings. The number of hydrogen-bond donors (Lipinski definition) is 1. The van der Waals surface area contributed by atoms with Crippen molar-refractivity contribution in [2.45, 2.75) is 50.6 Å². The molecule has 0 aliphatic carbocycles. The number of amides is 1. The molecule has 5 rings (SSSR count). The van der Waals surface area contributed by atoms with Gasteiger partial charge in [0.2, 0.25) is 0 Å². The number of halogens is 5. The number of carbonyl (C=O) groups is 1. The number of ether oxygens (including phenoxy) is 2. The van der Waals surface area contributed by atoms with Crippen LogP contribution in [0.15, 0.2) is 60.9 Å². The van der Waals surface area contributed by atoms with Crippen LogP contribution in [0.1, 0.15) is 47.7 Å². The zero-order valence-electron chi connectivity index (χ0n) is 22.4. The highest BCUT2D eigenvalue weighted by atomic mass is 35.5. The zero-order valence-corrected chi connectivity index (χ0v) is 23.9. The molecule has 0 saturated carbocycles. The summed E-state index contributed by atoms with van der Waals surface area (Å²) in [6, 6.07) is 14.2. The van der Waals surface area contributed by atoms with Gasteiger partial charge in [0.05, 0.1) is 15.6 Å². The molecule has 1 fully saturated rings. The minimum Gasteiger partial charge on any atom is -0.482 e. The summed E-state index contributed by atoms with van der Waals surface area (Å²) in [5, 5.41) is 3.31. The van der Waals surface area contributed by atoms with Crippen molar-refractivity contribution in [1.82, 2.24) is 15.2 Å². The lowest BCUT2D eigenvalue weighted by molar-refractivity contribution is -0.274. The number of hydrogen-bond acceptors (Lipinski definition) is 5. The molecule has 1 aromatic heterocycles. The smallest absolute Gasteiger partial charge is 0.482 e. The summed E-state index contributed by atoms with van der Waals surface area (Å²) < 4.78 is 48.9. The second-order valence-electron chi connectivity index (χ2n) is 10.5. The average molecular weight is 608 g/mol. The van der Waals surface area contributed by atoms with Crippen molar-refractivity contribution in [2.24, 2.45) is 5.92 Å². The molecule has 1 saturated heterocycles. The van der Waals surface area contributed by atoms with Gasteiger partial charge in [-0.15, -0.1) is 13.2 Å². The summed E-state index contributed by atoms with van der Waals surface area (Å²) in [6.07, 6.45) is 1.13. The second kappa shape index (κ2) is 12.1. The van der Waals surface area contributed by atoms with Crippen molar-refractivity contribution < 1.29 is 27.4 Å². The Bertz CT molecular complexity index is 1330. The van der Waals surface area contributed by atoms with Crippen LogP contribution in [-0.2, 0) is 12.0 Å². The topological polar surface area (TPSA) is 63.7 Å². The summed E-state index contributed by atoms with van der Waals surface area (Å²) >= 11 is 12.2. The Balaban J connectivity index is 1.23. The Hall–Kier alpha value is -3.01. The Morgan fingerprint density at radius 3 is 2.41 bits per heavy atom. The number of piperidine rings is 1. The van der Waals surface area contributed by atoms with Crippen LogP contribution in [0.2, 0.25) is 10.0 Å². The van der Waals surface area contributed by atoms with E-state index in [1.54, 1.807) is 12.1 Å². The fourth-order valence-corrected chi connectivity index (χ4v) is 6.46. The van der Waals surface area contributed by atoms with Crippen LogP contribution in [0.4, 0.5) is 13.2 Å². The number of para-hydroxylation sites is 1. The first-order chi connectivity index (χ1) is 19.6. The van der Waals surface area contributed by atoms with E-state index in [-0.39, 0.29) is 39.2 Å². The Morgan fingerprint density at radius 1 is 1.12 bits per heavy atom. The standard InChI is InChI=1S/C30H30Cl2F3N3O3/c1-19(10-13-37-28(39)27-24(31)17-36-18-25(27)32)38-14-11-22(12-15-38)29(16-20-4-2-3-5-26(20)41-29)21-6-8-23(9-7-21)40-30(33,34)35/h2-9,17-19,22H,10-16H2,1H3,(H,37,39). The first kappa shape index (κ1) is 29.5. The molecule has 2 aliphatic heterocycles. The number of aromatic nitrogens is 1. The van der Waals surface area contributed by atoms with Gasteiger partial charge in [0, 0.05) is 37.3 Å². The fourth-order valence-electron chi connectivity index (χ4n) is 5.93. The van der Waals surface area contributed by atoms with Crippen molar-refractivity contribution in [3.63, 3.8) is 0 Å². The lowest BCUT2D eigenvalue weighted by Gasteiger charge is -2.44. The number of carbonyl (C=O) groups excluding carboxylic acids is 1. The first-order valence-electron chi connectivity index (χ1n) is 13.5. The van der Waals surface area contributed by atoms with Crippen LogP contribution in [0.5, 0.6) is 11.5 Å². The van der Waals surface area contributed by atoms with Crippen molar-refractivity contribution in [3.05, 3.63) is 87.7 Å². The van der Waals surface area contributed by atoms with E-state index < -0.39 is 12.0 Å². The number of likely N-dealkylation sites (tertiary alicyclic amines) is 1. The van der Waals surface area contributed by atoms with Crippen molar-refractivity contribution in [3.8, 4) is 11.5 Å². The molecule has 11 heteroatoms. The van der Waals surface area contributed by atoms with Crippen LogP contribution >= 0.6 is 23.2 Å². The van der Waals surface area contributed by atoms with Crippen molar-refractivity contribution >= 4 is 29.1 Å². The van der Waals surface area contributed by atoms with Gasteiger partial charge in [-0.05, 0) is 68.6 Å². The number of rotatable bonds is 8. The number of benzene rings is 2. The van der Waals surface area contributed by atoms with Gasteiger partial charge in [-0.3, -0.25) is 9.78 Å². The van der Waals surface area contributed by atoms with Crippen LogP contribution in [0.25, 0.3) is 0 Å². The highest BCUT2D eigenvalue weighted by Crippen LogP contribution is 2.49. The third-order valence-electron chi connectivity index (χ3n) is 8.03. The molecule has 0 spiro atoms. The maximum Gasteiger partial charge on any atom is 0.573 e. The zero-order chi connectivity index (χ0) is 29.2. The van der Waals surface area contributed by atoms with E-state index in [4.69, 9.17) is 27.9 Å². The molecule has 218 valence electrons. The summed E-state index contributed by atoms with van der Waals surface area (Å²) in [6.45, 7) is 4.26. The van der Waals surface area contributed by atoms with E-state index in [2.05, 4.69) is 26.9 Å². The molecule has 2 aromatic carbocycles. The SMILES string of the molecule is CC(CCNC(=O)c1c(Cl)cncc1Cl)N1CCC(C2(c3ccc(OC(F)(F)F)cc3)Cc3ccccc3O2)CC1. The number of pyridine rings is 1. The van der Waals surface area contributed by atoms with Gasteiger partial charge in [-0.25, -0.2) is 0 Å². The van der Waals surface area contributed by atoms with E-state index >= 15 is 0 Å². The van der Waals surface area contributed by atoms with E-state index in [1.165, 1.54) is 24.5 Å². The molecular weight excluding hydrogens is 578 g/mol. The molecule has 1 N–H and O–H groups in total. The molecular formula is C30H30Cl2F3N3O3. The van der Waals surface area contributed by atoms with E-state index in [0.29, 0.717) is 13.0 Å². The maximum atomic E-state index is 12.7. The molecule has 6 nitrogen and oxygen atoms in total. The first-order valence-corrected chi connectivity index (χ1v) is 14.3. The van der Waals surface area contributed by atoms with Gasteiger partial charge in [-0.1, -0.05) is 53.5 Å². The van der Waals surface area contributed by atoms with E-state index in [9.17, 15) is 18.0 Å². The van der Waals surface area contributed by atoms with E-state index in [1.807, 2.05) is 24.3 Å². The summed E-state index contributed by atoms with van der Waals surface area (Å²) in [5.41, 5.74) is 1.47. The minimum absolute atomic E-state index is 0.156. The molecule has 3 heterocycles.